The summed E-state index contributed by atoms with van der Waals surface area (Å²) in [6, 6.07) is 20.6. The predicted molar refractivity (Wildman–Crippen MR) is 75.9 cm³/mol. The summed E-state index contributed by atoms with van der Waals surface area (Å²) in [7, 11) is 0. The predicted octanol–water partition coefficient (Wildman–Crippen LogP) is 2.85. The molecule has 19 heavy (non-hydrogen) atoms. The lowest BCUT2D eigenvalue weighted by Crippen LogP contribution is -2.54. The lowest BCUT2D eigenvalue weighted by Gasteiger charge is -2.45. The Kier molecular flexibility index (Phi) is 3.43. The second-order valence-corrected chi connectivity index (χ2v) is 5.06. The highest BCUT2D eigenvalue weighted by Crippen LogP contribution is 2.34. The smallest absolute Gasteiger partial charge is 0.137 e. The van der Waals surface area contributed by atoms with Crippen molar-refractivity contribution in [3.05, 3.63) is 71.8 Å². The minimum atomic E-state index is 0.0163. The Bertz CT molecular complexity index is 538. The van der Waals surface area contributed by atoms with Crippen molar-refractivity contribution in [3.63, 3.8) is 0 Å². The van der Waals surface area contributed by atoms with E-state index in [0.29, 0.717) is 5.92 Å². The number of carbonyl (C=O) groups excluding carboxylic acids is 1. The zero-order valence-corrected chi connectivity index (χ0v) is 10.8. The number of likely N-dealkylation sites (tertiary alicyclic amines) is 1. The van der Waals surface area contributed by atoms with Gasteiger partial charge in [0, 0.05) is 19.0 Å². The highest BCUT2D eigenvalue weighted by Gasteiger charge is 2.39. The van der Waals surface area contributed by atoms with Gasteiger partial charge in [-0.25, -0.2) is 0 Å². The van der Waals surface area contributed by atoms with Crippen molar-refractivity contribution in [2.75, 3.05) is 6.54 Å². The molecule has 2 atom stereocenters. The van der Waals surface area contributed by atoms with E-state index in [1.165, 1.54) is 11.1 Å². The van der Waals surface area contributed by atoms with E-state index in [1.807, 2.05) is 36.4 Å². The van der Waals surface area contributed by atoms with Gasteiger partial charge in [-0.3, -0.25) is 4.90 Å². The number of nitrogens with zero attached hydrogens (tertiary/aromatic N) is 1. The van der Waals surface area contributed by atoms with Gasteiger partial charge in [-0.05, 0) is 11.1 Å². The molecule has 1 saturated heterocycles. The largest absolute Gasteiger partial charge is 0.302 e. The Labute approximate surface area is 113 Å². The zero-order valence-electron chi connectivity index (χ0n) is 10.8. The molecule has 96 valence electrons. The van der Waals surface area contributed by atoms with Crippen LogP contribution in [0.5, 0.6) is 0 Å². The third-order valence-electron chi connectivity index (χ3n) is 3.86. The second kappa shape index (κ2) is 5.37. The molecule has 2 aromatic carbocycles. The maximum absolute atomic E-state index is 11.3. The first-order chi connectivity index (χ1) is 9.38. The molecular formula is C17H17NO. The second-order valence-electron chi connectivity index (χ2n) is 5.06. The van der Waals surface area contributed by atoms with Crippen molar-refractivity contribution in [1.82, 2.24) is 4.90 Å². The molecular weight excluding hydrogens is 234 g/mol. The van der Waals surface area contributed by atoms with E-state index in [0.717, 1.165) is 19.4 Å². The molecule has 2 heteroatoms. The van der Waals surface area contributed by atoms with E-state index in [2.05, 4.69) is 29.2 Å². The number of hydrogen-bond donors (Lipinski definition) is 0. The van der Waals surface area contributed by atoms with E-state index in [-0.39, 0.29) is 6.04 Å². The van der Waals surface area contributed by atoms with Crippen LogP contribution in [0.25, 0.3) is 0 Å². The Hall–Kier alpha value is -1.93. The van der Waals surface area contributed by atoms with Crippen LogP contribution >= 0.6 is 0 Å². The highest BCUT2D eigenvalue weighted by molar-refractivity contribution is 5.62. The van der Waals surface area contributed by atoms with Crippen LogP contribution in [0.15, 0.2) is 60.7 Å². The summed E-state index contributed by atoms with van der Waals surface area (Å²) in [5, 5.41) is 0. The van der Waals surface area contributed by atoms with Gasteiger partial charge < -0.3 is 4.79 Å². The third-order valence-corrected chi connectivity index (χ3v) is 3.86. The molecule has 0 amide bonds. The van der Waals surface area contributed by atoms with Gasteiger partial charge >= 0.3 is 0 Å². The van der Waals surface area contributed by atoms with Crippen LogP contribution in [-0.4, -0.2) is 23.8 Å². The lowest BCUT2D eigenvalue weighted by atomic mass is 9.83. The molecule has 0 saturated carbocycles. The SMILES string of the molecule is O=C[C@@H]1[C@H](c2ccccc2)CN1Cc1ccccc1. The fraction of sp³-hybridized carbons (Fsp3) is 0.235. The van der Waals surface area contributed by atoms with Gasteiger partial charge in [0.25, 0.3) is 0 Å². The van der Waals surface area contributed by atoms with Crippen molar-refractivity contribution in [3.8, 4) is 0 Å². The van der Waals surface area contributed by atoms with E-state index in [1.54, 1.807) is 0 Å². The monoisotopic (exact) mass is 251 g/mol. The van der Waals surface area contributed by atoms with Gasteiger partial charge in [-0.2, -0.15) is 0 Å². The van der Waals surface area contributed by atoms with E-state index < -0.39 is 0 Å². The Morgan fingerprint density at radius 1 is 1.00 bits per heavy atom. The van der Waals surface area contributed by atoms with E-state index in [4.69, 9.17) is 0 Å². The van der Waals surface area contributed by atoms with Gasteiger partial charge in [-0.15, -0.1) is 0 Å². The van der Waals surface area contributed by atoms with Crippen molar-refractivity contribution in [2.45, 2.75) is 18.5 Å². The summed E-state index contributed by atoms with van der Waals surface area (Å²) in [6.45, 7) is 1.82. The first-order valence-corrected chi connectivity index (χ1v) is 6.66. The molecule has 0 radical (unpaired) electrons. The van der Waals surface area contributed by atoms with Crippen LogP contribution in [0.3, 0.4) is 0 Å². The van der Waals surface area contributed by atoms with Gasteiger partial charge in [0.15, 0.2) is 0 Å². The van der Waals surface area contributed by atoms with Crippen LogP contribution in [0.2, 0.25) is 0 Å². The number of rotatable bonds is 4. The topological polar surface area (TPSA) is 20.3 Å². The fourth-order valence-corrected chi connectivity index (χ4v) is 2.77. The molecule has 0 bridgehead atoms. The average molecular weight is 251 g/mol. The summed E-state index contributed by atoms with van der Waals surface area (Å²) in [4.78, 5) is 13.6. The van der Waals surface area contributed by atoms with Gasteiger partial charge in [0.05, 0.1) is 6.04 Å². The number of benzene rings is 2. The van der Waals surface area contributed by atoms with Crippen LogP contribution < -0.4 is 0 Å². The molecule has 1 aliphatic heterocycles. The average Bonchev–Trinajstić information content (AvgIpc) is 2.45. The molecule has 1 fully saturated rings. The van der Waals surface area contributed by atoms with Crippen molar-refractivity contribution in [1.29, 1.82) is 0 Å². The first-order valence-electron chi connectivity index (χ1n) is 6.66. The van der Waals surface area contributed by atoms with Crippen molar-refractivity contribution < 1.29 is 4.79 Å². The quantitative estimate of drug-likeness (QED) is 0.779. The van der Waals surface area contributed by atoms with E-state index >= 15 is 0 Å². The molecule has 2 nitrogen and oxygen atoms in total. The summed E-state index contributed by atoms with van der Waals surface area (Å²) in [5.41, 5.74) is 2.53. The molecule has 3 rings (SSSR count). The molecule has 0 aliphatic carbocycles. The molecule has 1 heterocycles. The molecule has 0 aromatic heterocycles. The normalized spacial score (nSPS) is 22.7. The van der Waals surface area contributed by atoms with Crippen LogP contribution in [0, 0.1) is 0 Å². The highest BCUT2D eigenvalue weighted by atomic mass is 16.1. The summed E-state index contributed by atoms with van der Waals surface area (Å²) < 4.78 is 0. The first kappa shape index (κ1) is 12.1. The molecule has 0 spiro atoms. The summed E-state index contributed by atoms with van der Waals surface area (Å²) >= 11 is 0. The van der Waals surface area contributed by atoms with Crippen LogP contribution in [0.1, 0.15) is 17.0 Å². The number of aldehydes is 1. The fourth-order valence-electron chi connectivity index (χ4n) is 2.77. The Morgan fingerprint density at radius 3 is 2.26 bits per heavy atom. The zero-order chi connectivity index (χ0) is 13.1. The van der Waals surface area contributed by atoms with Crippen molar-refractivity contribution >= 4 is 6.29 Å². The molecule has 1 aliphatic rings. The Morgan fingerprint density at radius 2 is 1.63 bits per heavy atom. The minimum Gasteiger partial charge on any atom is -0.302 e. The number of carbonyl (C=O) groups is 1. The van der Waals surface area contributed by atoms with Gasteiger partial charge in [-0.1, -0.05) is 60.7 Å². The molecule has 2 aromatic rings. The lowest BCUT2D eigenvalue weighted by molar-refractivity contribution is -0.118. The van der Waals surface area contributed by atoms with Crippen LogP contribution in [-0.2, 0) is 11.3 Å². The van der Waals surface area contributed by atoms with E-state index in [9.17, 15) is 4.79 Å². The molecule has 0 N–H and O–H groups in total. The molecule has 0 unspecified atom stereocenters. The standard InChI is InChI=1S/C17H17NO/c19-13-17-16(15-9-5-2-6-10-15)12-18(17)11-14-7-3-1-4-8-14/h1-10,13,16-17H,11-12H2/t16-,17+/m0/s1. The van der Waals surface area contributed by atoms with Gasteiger partial charge in [0.2, 0.25) is 0 Å². The Balaban J connectivity index is 1.69. The summed E-state index contributed by atoms with van der Waals surface area (Å²) in [6.07, 6.45) is 1.09. The van der Waals surface area contributed by atoms with Crippen molar-refractivity contribution in [2.24, 2.45) is 0 Å². The summed E-state index contributed by atoms with van der Waals surface area (Å²) in [5.74, 6) is 0.349. The maximum Gasteiger partial charge on any atom is 0.137 e. The minimum absolute atomic E-state index is 0.0163. The van der Waals surface area contributed by atoms with Gasteiger partial charge in [0.1, 0.15) is 6.29 Å². The number of hydrogen-bond acceptors (Lipinski definition) is 2. The van der Waals surface area contributed by atoms with Crippen LogP contribution in [0.4, 0.5) is 0 Å². The third kappa shape index (κ3) is 2.45. The maximum atomic E-state index is 11.3.